The third-order valence-electron chi connectivity index (χ3n) is 5.18. The van der Waals surface area contributed by atoms with Crippen LogP contribution in [0.2, 0.25) is 0 Å². The van der Waals surface area contributed by atoms with E-state index in [1.807, 2.05) is 6.92 Å². The molecular formula is C25H51ClO. The van der Waals surface area contributed by atoms with Gasteiger partial charge in [-0.25, -0.2) is 0 Å². The lowest BCUT2D eigenvalue weighted by atomic mass is 10.0. The summed E-state index contributed by atoms with van der Waals surface area (Å²) in [5.74, 6) is 0.722. The molecule has 2 heteroatoms. The molecule has 1 nitrogen and oxygen atoms in total. The van der Waals surface area contributed by atoms with Crippen molar-refractivity contribution in [2.75, 3.05) is 5.88 Å². The molecule has 0 spiro atoms. The lowest BCUT2D eigenvalue weighted by molar-refractivity contribution is -0.107. The van der Waals surface area contributed by atoms with Gasteiger partial charge in [-0.3, -0.25) is 0 Å². The van der Waals surface area contributed by atoms with Gasteiger partial charge in [-0.15, -0.1) is 11.6 Å². The molecule has 164 valence electrons. The quantitative estimate of drug-likeness (QED) is 0.106. The summed E-state index contributed by atoms with van der Waals surface area (Å²) in [6.07, 6.45) is 30.0. The predicted octanol–water partition coefficient (Wildman–Crippen LogP) is 9.64. The van der Waals surface area contributed by atoms with Crippen LogP contribution in [0.1, 0.15) is 149 Å². The van der Waals surface area contributed by atoms with E-state index in [9.17, 15) is 4.79 Å². The van der Waals surface area contributed by atoms with E-state index in [1.165, 1.54) is 122 Å². The first-order chi connectivity index (χ1) is 13.3. The van der Waals surface area contributed by atoms with E-state index in [1.54, 1.807) is 0 Å². The zero-order chi connectivity index (χ0) is 20.3. The van der Waals surface area contributed by atoms with Gasteiger partial charge in [0.15, 0.2) is 0 Å². The Bertz CT molecular complexity index is 242. The highest BCUT2D eigenvalue weighted by molar-refractivity contribution is 6.17. The normalized spacial score (nSPS) is 10.5. The van der Waals surface area contributed by atoms with Crippen molar-refractivity contribution in [1.82, 2.24) is 0 Å². The summed E-state index contributed by atoms with van der Waals surface area (Å²) < 4.78 is 0. The lowest BCUT2D eigenvalue weighted by Crippen LogP contribution is -1.84. The van der Waals surface area contributed by atoms with Crippen LogP contribution in [0.3, 0.4) is 0 Å². The second-order valence-corrected chi connectivity index (χ2v) is 8.47. The van der Waals surface area contributed by atoms with Gasteiger partial charge in [0.1, 0.15) is 6.29 Å². The smallest absolute Gasteiger partial charge is 0.119 e. The predicted molar refractivity (Wildman–Crippen MR) is 125 cm³/mol. The van der Waals surface area contributed by atoms with Gasteiger partial charge in [-0.1, -0.05) is 136 Å². The molecule has 0 saturated carbocycles. The number of halogens is 1. The SMILES string of the molecule is CCCCCCCCCCCCCCCCCCCCCCC=O.CCCl. The van der Waals surface area contributed by atoms with Crippen LogP contribution in [0.25, 0.3) is 0 Å². The molecule has 0 aliphatic heterocycles. The molecule has 0 aromatic heterocycles. The molecule has 0 saturated heterocycles. The Labute approximate surface area is 177 Å². The van der Waals surface area contributed by atoms with Crippen LogP contribution in [0.5, 0.6) is 0 Å². The molecule has 0 heterocycles. The zero-order valence-electron chi connectivity index (χ0n) is 18.9. The number of rotatable bonds is 21. The van der Waals surface area contributed by atoms with Crippen LogP contribution in [0.15, 0.2) is 0 Å². The average Bonchev–Trinajstić information content (AvgIpc) is 2.67. The Kier molecular flexibility index (Phi) is 33.1. The maximum Gasteiger partial charge on any atom is 0.119 e. The minimum absolute atomic E-state index is 0.722. The van der Waals surface area contributed by atoms with Crippen molar-refractivity contribution in [3.05, 3.63) is 0 Å². The van der Waals surface area contributed by atoms with Crippen molar-refractivity contribution in [3.63, 3.8) is 0 Å². The van der Waals surface area contributed by atoms with Crippen molar-refractivity contribution >= 4 is 17.9 Å². The minimum atomic E-state index is 0.722. The minimum Gasteiger partial charge on any atom is -0.303 e. The number of aldehydes is 1. The zero-order valence-corrected chi connectivity index (χ0v) is 19.7. The number of hydrogen-bond donors (Lipinski definition) is 0. The Hall–Kier alpha value is -0.0400. The van der Waals surface area contributed by atoms with Crippen LogP contribution in [0, 0.1) is 0 Å². The van der Waals surface area contributed by atoms with Crippen molar-refractivity contribution in [3.8, 4) is 0 Å². The van der Waals surface area contributed by atoms with E-state index in [0.717, 1.165) is 25.0 Å². The number of alkyl halides is 1. The highest BCUT2D eigenvalue weighted by Gasteiger charge is 1.95. The van der Waals surface area contributed by atoms with Crippen LogP contribution < -0.4 is 0 Å². The summed E-state index contributed by atoms with van der Waals surface area (Å²) in [5.41, 5.74) is 0. The van der Waals surface area contributed by atoms with Gasteiger partial charge in [-0.05, 0) is 6.42 Å². The van der Waals surface area contributed by atoms with E-state index >= 15 is 0 Å². The summed E-state index contributed by atoms with van der Waals surface area (Å²) in [6, 6.07) is 0. The first-order valence-corrected chi connectivity index (χ1v) is 12.9. The average molecular weight is 403 g/mol. The van der Waals surface area contributed by atoms with E-state index in [0.29, 0.717) is 0 Å². The van der Waals surface area contributed by atoms with Crippen molar-refractivity contribution in [2.45, 2.75) is 149 Å². The summed E-state index contributed by atoms with van der Waals surface area (Å²) in [6.45, 7) is 4.18. The molecular weight excluding hydrogens is 352 g/mol. The Morgan fingerprint density at radius 2 is 0.704 bits per heavy atom. The summed E-state index contributed by atoms with van der Waals surface area (Å²) in [5, 5.41) is 0. The highest BCUT2D eigenvalue weighted by atomic mass is 35.5. The number of carbonyl (C=O) groups is 1. The second kappa shape index (κ2) is 30.7. The summed E-state index contributed by atoms with van der Waals surface area (Å²) in [4.78, 5) is 10.2. The molecule has 27 heavy (non-hydrogen) atoms. The van der Waals surface area contributed by atoms with Gasteiger partial charge in [0, 0.05) is 12.3 Å². The number of unbranched alkanes of at least 4 members (excludes halogenated alkanes) is 20. The van der Waals surface area contributed by atoms with E-state index in [-0.39, 0.29) is 0 Å². The summed E-state index contributed by atoms with van der Waals surface area (Å²) in [7, 11) is 0. The third-order valence-corrected chi connectivity index (χ3v) is 5.18. The van der Waals surface area contributed by atoms with Crippen molar-refractivity contribution < 1.29 is 4.79 Å². The van der Waals surface area contributed by atoms with E-state index in [4.69, 9.17) is 11.6 Å². The van der Waals surface area contributed by atoms with E-state index in [2.05, 4.69) is 6.92 Å². The van der Waals surface area contributed by atoms with Gasteiger partial charge < -0.3 is 4.79 Å². The van der Waals surface area contributed by atoms with Crippen molar-refractivity contribution in [2.24, 2.45) is 0 Å². The standard InChI is InChI=1S/C23H46O.C2H5Cl/c1-2-3-4-5-6-7-8-9-10-11-12-13-14-15-16-17-18-19-20-21-22-23-24;1-2-3/h23H,2-22H2,1H3;2H2,1H3. The Balaban J connectivity index is 0. The molecule has 0 bridgehead atoms. The van der Waals surface area contributed by atoms with Gasteiger partial charge in [0.2, 0.25) is 0 Å². The highest BCUT2D eigenvalue weighted by Crippen LogP contribution is 2.14. The van der Waals surface area contributed by atoms with Gasteiger partial charge in [-0.2, -0.15) is 0 Å². The molecule has 0 fully saturated rings. The van der Waals surface area contributed by atoms with Crippen LogP contribution >= 0.6 is 11.6 Å². The van der Waals surface area contributed by atoms with E-state index < -0.39 is 0 Å². The lowest BCUT2D eigenvalue weighted by Gasteiger charge is -2.04. The molecule has 0 aromatic carbocycles. The molecule has 0 unspecified atom stereocenters. The summed E-state index contributed by atoms with van der Waals surface area (Å²) >= 11 is 5.00. The fraction of sp³-hybridized carbons (Fsp3) is 0.960. The fourth-order valence-electron chi connectivity index (χ4n) is 3.48. The Morgan fingerprint density at radius 1 is 0.481 bits per heavy atom. The maximum absolute atomic E-state index is 10.2. The monoisotopic (exact) mass is 402 g/mol. The molecule has 0 atom stereocenters. The Morgan fingerprint density at radius 3 is 0.926 bits per heavy atom. The van der Waals surface area contributed by atoms with Gasteiger partial charge >= 0.3 is 0 Å². The third kappa shape index (κ3) is 33.9. The number of hydrogen-bond acceptors (Lipinski definition) is 1. The maximum atomic E-state index is 10.2. The molecule has 0 radical (unpaired) electrons. The van der Waals surface area contributed by atoms with Crippen LogP contribution in [-0.2, 0) is 4.79 Å². The first-order valence-electron chi connectivity index (χ1n) is 12.3. The molecule has 0 aliphatic carbocycles. The molecule has 0 amide bonds. The molecule has 0 rings (SSSR count). The van der Waals surface area contributed by atoms with Crippen LogP contribution in [0.4, 0.5) is 0 Å². The largest absolute Gasteiger partial charge is 0.303 e. The fourth-order valence-corrected chi connectivity index (χ4v) is 3.48. The first kappa shape index (κ1) is 29.2. The molecule has 0 aliphatic rings. The molecule has 0 N–H and O–H groups in total. The van der Waals surface area contributed by atoms with Gasteiger partial charge in [0.05, 0.1) is 0 Å². The second-order valence-electron chi connectivity index (χ2n) is 7.94. The van der Waals surface area contributed by atoms with Crippen molar-refractivity contribution in [1.29, 1.82) is 0 Å². The molecule has 0 aromatic rings. The number of carbonyl (C=O) groups excluding carboxylic acids is 1. The van der Waals surface area contributed by atoms with Gasteiger partial charge in [0.25, 0.3) is 0 Å². The topological polar surface area (TPSA) is 17.1 Å². The van der Waals surface area contributed by atoms with Crippen LogP contribution in [-0.4, -0.2) is 12.2 Å².